The van der Waals surface area contributed by atoms with Crippen molar-refractivity contribution in [1.82, 2.24) is 0 Å². The average Bonchev–Trinajstić information content (AvgIpc) is 2.58. The molecule has 0 aliphatic rings. The number of amides is 2. The van der Waals surface area contributed by atoms with Crippen molar-refractivity contribution in [3.8, 4) is 0 Å². The van der Waals surface area contributed by atoms with Crippen molar-refractivity contribution in [2.75, 3.05) is 10.6 Å². The van der Waals surface area contributed by atoms with Gasteiger partial charge in [-0.05, 0) is 49.2 Å². The van der Waals surface area contributed by atoms with Crippen molar-refractivity contribution in [3.05, 3.63) is 58.1 Å². The Morgan fingerprint density at radius 1 is 0.769 bits per heavy atom. The maximum Gasteiger partial charge on any atom is 0.224 e. The molecule has 2 N–H and O–H groups in total. The summed E-state index contributed by atoms with van der Waals surface area (Å²) in [7, 11) is 0. The van der Waals surface area contributed by atoms with Crippen LogP contribution in [0.25, 0.3) is 0 Å². The Bertz CT molecular complexity index is 748. The van der Waals surface area contributed by atoms with Gasteiger partial charge in [0, 0.05) is 24.2 Å². The number of nitrogens with one attached hydrogen (secondary N) is 2. The molecule has 4 nitrogen and oxygen atoms in total. The molecule has 0 aliphatic carbocycles. The van der Waals surface area contributed by atoms with Crippen LogP contribution in [0.5, 0.6) is 0 Å². The highest BCUT2D eigenvalue weighted by molar-refractivity contribution is 6.31. The van der Waals surface area contributed by atoms with Crippen LogP contribution in [-0.2, 0) is 9.59 Å². The van der Waals surface area contributed by atoms with E-state index in [4.69, 9.17) is 23.2 Å². The molecule has 0 saturated carbocycles. The van der Waals surface area contributed by atoms with Crippen molar-refractivity contribution < 1.29 is 18.4 Å². The van der Waals surface area contributed by atoms with Crippen LogP contribution in [0.15, 0.2) is 36.4 Å². The minimum Gasteiger partial charge on any atom is -0.326 e. The summed E-state index contributed by atoms with van der Waals surface area (Å²) in [6.07, 6.45) is 1.42. The van der Waals surface area contributed by atoms with Gasteiger partial charge in [0.25, 0.3) is 0 Å². The summed E-state index contributed by atoms with van der Waals surface area (Å²) in [5.74, 6) is -1.62. The normalized spacial score (nSPS) is 10.5. The second-order valence-electron chi connectivity index (χ2n) is 5.56. The van der Waals surface area contributed by atoms with E-state index in [0.29, 0.717) is 24.2 Å². The summed E-state index contributed by atoms with van der Waals surface area (Å²) in [6.45, 7) is 0. The molecular formula is C18H16Cl2F2N2O2. The number of benzene rings is 2. The lowest BCUT2D eigenvalue weighted by molar-refractivity contribution is -0.118. The lowest BCUT2D eigenvalue weighted by Gasteiger charge is -2.07. The molecule has 8 heteroatoms. The van der Waals surface area contributed by atoms with E-state index in [0.717, 1.165) is 0 Å². The van der Waals surface area contributed by atoms with Crippen LogP contribution in [0, 0.1) is 11.6 Å². The van der Waals surface area contributed by atoms with Crippen molar-refractivity contribution in [3.63, 3.8) is 0 Å². The van der Waals surface area contributed by atoms with Crippen LogP contribution in [0.2, 0.25) is 10.0 Å². The summed E-state index contributed by atoms with van der Waals surface area (Å²) in [6, 6.07) is 7.83. The van der Waals surface area contributed by atoms with E-state index >= 15 is 0 Å². The minimum absolute atomic E-state index is 0.0691. The highest BCUT2D eigenvalue weighted by Crippen LogP contribution is 2.20. The monoisotopic (exact) mass is 400 g/mol. The van der Waals surface area contributed by atoms with Crippen LogP contribution in [-0.4, -0.2) is 11.8 Å². The van der Waals surface area contributed by atoms with E-state index < -0.39 is 11.6 Å². The fourth-order valence-corrected chi connectivity index (χ4v) is 2.53. The Balaban J connectivity index is 1.68. The molecule has 0 atom stereocenters. The fraction of sp³-hybridized carbons (Fsp3) is 0.222. The van der Waals surface area contributed by atoms with Gasteiger partial charge in [-0.2, -0.15) is 0 Å². The maximum atomic E-state index is 13.0. The molecule has 26 heavy (non-hydrogen) atoms. The Morgan fingerprint density at radius 2 is 1.15 bits per heavy atom. The standard InChI is InChI=1S/C18H16Cl2F2N2O2/c19-13-9-11(5-7-15(13)21)23-17(25)3-1-2-4-18(26)24-12-6-8-16(22)14(20)10-12/h5-10H,1-4H2,(H,23,25)(H,24,26). The van der Waals surface area contributed by atoms with Gasteiger partial charge >= 0.3 is 0 Å². The molecule has 0 spiro atoms. The Labute approximate surface area is 159 Å². The second-order valence-corrected chi connectivity index (χ2v) is 6.38. The van der Waals surface area contributed by atoms with Gasteiger partial charge in [0.2, 0.25) is 11.8 Å². The lowest BCUT2D eigenvalue weighted by Crippen LogP contribution is -2.13. The van der Waals surface area contributed by atoms with Gasteiger partial charge in [-0.1, -0.05) is 23.2 Å². The van der Waals surface area contributed by atoms with Gasteiger partial charge in [0.05, 0.1) is 10.0 Å². The first kappa shape index (κ1) is 20.1. The maximum absolute atomic E-state index is 13.0. The predicted octanol–water partition coefficient (Wildman–Crippen LogP) is 5.41. The minimum atomic E-state index is -0.557. The van der Waals surface area contributed by atoms with Crippen LogP contribution in [0.3, 0.4) is 0 Å². The number of rotatable bonds is 7. The lowest BCUT2D eigenvalue weighted by atomic mass is 10.1. The third-order valence-electron chi connectivity index (χ3n) is 3.46. The van der Waals surface area contributed by atoms with E-state index in [9.17, 15) is 18.4 Å². The zero-order valence-corrected chi connectivity index (χ0v) is 15.1. The SMILES string of the molecule is O=C(CCCCC(=O)Nc1ccc(F)c(Cl)c1)Nc1ccc(F)c(Cl)c1. The first-order chi connectivity index (χ1) is 12.3. The van der Waals surface area contributed by atoms with Gasteiger partial charge in [-0.15, -0.1) is 0 Å². The molecule has 138 valence electrons. The largest absolute Gasteiger partial charge is 0.326 e. The van der Waals surface area contributed by atoms with Crippen LogP contribution < -0.4 is 10.6 Å². The molecule has 0 aromatic heterocycles. The smallest absolute Gasteiger partial charge is 0.224 e. The summed E-state index contributed by atoms with van der Waals surface area (Å²) in [5, 5.41) is 5.08. The van der Waals surface area contributed by atoms with Gasteiger partial charge in [-0.25, -0.2) is 8.78 Å². The Kier molecular flexibility index (Phi) is 7.36. The molecule has 0 unspecified atom stereocenters. The van der Waals surface area contributed by atoms with Crippen LogP contribution in [0.4, 0.5) is 20.2 Å². The van der Waals surface area contributed by atoms with Crippen molar-refractivity contribution in [2.45, 2.75) is 25.7 Å². The van der Waals surface area contributed by atoms with Crippen molar-refractivity contribution >= 4 is 46.4 Å². The summed E-state index contributed by atoms with van der Waals surface area (Å²) in [5.41, 5.74) is 0.819. The first-order valence-corrected chi connectivity index (χ1v) is 8.60. The summed E-state index contributed by atoms with van der Waals surface area (Å²) in [4.78, 5) is 23.6. The van der Waals surface area contributed by atoms with E-state index in [2.05, 4.69) is 10.6 Å². The summed E-state index contributed by atoms with van der Waals surface area (Å²) >= 11 is 11.3. The highest BCUT2D eigenvalue weighted by Gasteiger charge is 2.08. The zero-order valence-electron chi connectivity index (χ0n) is 13.6. The average molecular weight is 401 g/mol. The number of hydrogen-bond donors (Lipinski definition) is 2. The third-order valence-corrected chi connectivity index (χ3v) is 4.04. The van der Waals surface area contributed by atoms with Crippen LogP contribution in [0.1, 0.15) is 25.7 Å². The van der Waals surface area contributed by atoms with Gasteiger partial charge in [0.15, 0.2) is 0 Å². The van der Waals surface area contributed by atoms with E-state index in [1.165, 1.54) is 36.4 Å². The number of carbonyl (C=O) groups is 2. The number of hydrogen-bond acceptors (Lipinski definition) is 2. The molecule has 0 fully saturated rings. The Hall–Kier alpha value is -2.18. The molecule has 2 rings (SSSR count). The number of anilines is 2. The molecule has 0 heterocycles. The quantitative estimate of drug-likeness (QED) is 0.610. The number of carbonyl (C=O) groups excluding carboxylic acids is 2. The molecule has 0 bridgehead atoms. The van der Waals surface area contributed by atoms with Gasteiger partial charge in [0.1, 0.15) is 11.6 Å². The van der Waals surface area contributed by atoms with Gasteiger partial charge in [-0.3, -0.25) is 9.59 Å². The molecule has 0 aliphatic heterocycles. The molecule has 2 amide bonds. The Morgan fingerprint density at radius 3 is 1.50 bits per heavy atom. The zero-order chi connectivity index (χ0) is 19.1. The summed E-state index contributed by atoms with van der Waals surface area (Å²) < 4.78 is 26.1. The first-order valence-electron chi connectivity index (χ1n) is 7.85. The predicted molar refractivity (Wildman–Crippen MR) is 98.5 cm³/mol. The second kappa shape index (κ2) is 9.50. The van der Waals surface area contributed by atoms with E-state index in [1.807, 2.05) is 0 Å². The van der Waals surface area contributed by atoms with Crippen LogP contribution >= 0.6 is 23.2 Å². The van der Waals surface area contributed by atoms with E-state index in [-0.39, 0.29) is 34.7 Å². The van der Waals surface area contributed by atoms with Crippen molar-refractivity contribution in [2.24, 2.45) is 0 Å². The third kappa shape index (κ3) is 6.28. The molecule has 2 aromatic carbocycles. The number of unbranched alkanes of at least 4 members (excludes halogenated alkanes) is 1. The fourth-order valence-electron chi connectivity index (χ4n) is 2.17. The van der Waals surface area contributed by atoms with E-state index in [1.54, 1.807) is 0 Å². The topological polar surface area (TPSA) is 58.2 Å². The van der Waals surface area contributed by atoms with Gasteiger partial charge < -0.3 is 10.6 Å². The molecule has 0 saturated heterocycles. The molecule has 0 radical (unpaired) electrons. The molecule has 2 aromatic rings. The molecular weight excluding hydrogens is 385 g/mol. The van der Waals surface area contributed by atoms with Crippen molar-refractivity contribution in [1.29, 1.82) is 0 Å². The highest BCUT2D eigenvalue weighted by atomic mass is 35.5. The number of halogens is 4.